The maximum absolute atomic E-state index is 12.2. The van der Waals surface area contributed by atoms with Crippen LogP contribution in [0.15, 0.2) is 12.1 Å². The smallest absolute Gasteiger partial charge is 0.326 e. The Labute approximate surface area is 129 Å². The van der Waals surface area contributed by atoms with Crippen molar-refractivity contribution in [1.29, 1.82) is 0 Å². The number of carbonyl (C=O) groups is 2. The number of hydrogen-bond acceptors (Lipinski definition) is 3. The molecule has 1 aromatic rings. The van der Waals surface area contributed by atoms with Crippen LogP contribution in [-0.2, 0) is 4.79 Å². The minimum absolute atomic E-state index is 0.130. The van der Waals surface area contributed by atoms with Crippen molar-refractivity contribution in [2.75, 3.05) is 0 Å². The van der Waals surface area contributed by atoms with Crippen LogP contribution < -0.4 is 5.32 Å². The Balaban J connectivity index is 2.89. The van der Waals surface area contributed by atoms with Crippen LogP contribution in [0.1, 0.15) is 62.0 Å². The molecule has 2 N–H and O–H groups in total. The number of nitrogens with zero attached hydrogens (tertiary/aromatic N) is 1. The summed E-state index contributed by atoms with van der Waals surface area (Å²) >= 11 is 5.91. The molecule has 0 saturated heterocycles. The third kappa shape index (κ3) is 5.34. The number of aromatic nitrogens is 1. The number of carboxylic acid groups (broad SMARTS) is 1. The molecule has 0 fully saturated rings. The van der Waals surface area contributed by atoms with Gasteiger partial charge in [0.1, 0.15) is 11.2 Å². The predicted molar refractivity (Wildman–Crippen MR) is 81.8 cm³/mol. The Morgan fingerprint density at radius 2 is 2.05 bits per heavy atom. The molecule has 5 nitrogen and oxygen atoms in total. The summed E-state index contributed by atoms with van der Waals surface area (Å²) in [5, 5.41) is 11.9. The fourth-order valence-corrected chi connectivity index (χ4v) is 2.07. The van der Waals surface area contributed by atoms with Gasteiger partial charge in [0.15, 0.2) is 0 Å². The van der Waals surface area contributed by atoms with Crippen molar-refractivity contribution in [3.05, 3.63) is 28.5 Å². The molecule has 0 aromatic carbocycles. The Kier molecular flexibility index (Phi) is 6.62. The predicted octanol–water partition coefficient (Wildman–Crippen LogP) is 3.23. The largest absolute Gasteiger partial charge is 0.480 e. The van der Waals surface area contributed by atoms with Crippen LogP contribution in [0, 0.1) is 0 Å². The zero-order valence-electron chi connectivity index (χ0n) is 12.5. The lowest BCUT2D eigenvalue weighted by Gasteiger charge is -2.15. The number of carboxylic acids is 1. The Hall–Kier alpha value is -1.62. The maximum Gasteiger partial charge on any atom is 0.326 e. The summed E-state index contributed by atoms with van der Waals surface area (Å²) in [7, 11) is 0. The summed E-state index contributed by atoms with van der Waals surface area (Å²) in [5.74, 6) is -1.34. The van der Waals surface area contributed by atoms with Crippen LogP contribution in [-0.4, -0.2) is 28.0 Å². The van der Waals surface area contributed by atoms with E-state index in [0.29, 0.717) is 17.7 Å². The van der Waals surface area contributed by atoms with Gasteiger partial charge in [-0.25, -0.2) is 9.78 Å². The van der Waals surface area contributed by atoms with Gasteiger partial charge in [-0.05, 0) is 24.5 Å². The van der Waals surface area contributed by atoms with E-state index in [1.807, 2.05) is 20.8 Å². The molecule has 116 valence electrons. The molecule has 0 unspecified atom stereocenters. The molecule has 0 spiro atoms. The second-order valence-corrected chi connectivity index (χ2v) is 5.65. The Morgan fingerprint density at radius 3 is 2.57 bits per heavy atom. The van der Waals surface area contributed by atoms with E-state index in [0.717, 1.165) is 12.8 Å². The van der Waals surface area contributed by atoms with E-state index in [4.69, 9.17) is 16.7 Å². The van der Waals surface area contributed by atoms with E-state index in [1.54, 1.807) is 6.07 Å². The lowest BCUT2D eigenvalue weighted by atomic mass is 10.1. The van der Waals surface area contributed by atoms with Crippen molar-refractivity contribution in [2.45, 2.75) is 52.0 Å². The third-order valence-corrected chi connectivity index (χ3v) is 3.31. The molecule has 1 heterocycles. The van der Waals surface area contributed by atoms with E-state index >= 15 is 0 Å². The zero-order valence-corrected chi connectivity index (χ0v) is 13.3. The van der Waals surface area contributed by atoms with Gasteiger partial charge in [0.05, 0.1) is 0 Å². The lowest BCUT2D eigenvalue weighted by Crippen LogP contribution is -2.40. The number of aliphatic carboxylic acids is 1. The van der Waals surface area contributed by atoms with Crippen molar-refractivity contribution >= 4 is 23.5 Å². The van der Waals surface area contributed by atoms with Gasteiger partial charge in [0, 0.05) is 11.3 Å². The van der Waals surface area contributed by atoms with Gasteiger partial charge < -0.3 is 10.4 Å². The van der Waals surface area contributed by atoms with E-state index in [2.05, 4.69) is 10.3 Å². The van der Waals surface area contributed by atoms with Gasteiger partial charge in [-0.15, -0.1) is 0 Å². The molecule has 6 heteroatoms. The highest BCUT2D eigenvalue weighted by Gasteiger charge is 2.20. The molecule has 0 radical (unpaired) electrons. The van der Waals surface area contributed by atoms with Crippen molar-refractivity contribution < 1.29 is 14.7 Å². The summed E-state index contributed by atoms with van der Waals surface area (Å²) < 4.78 is 0. The number of amides is 1. The van der Waals surface area contributed by atoms with Gasteiger partial charge in [-0.3, -0.25) is 4.79 Å². The fraction of sp³-hybridized carbons (Fsp3) is 0.533. The molecule has 0 saturated carbocycles. The summed E-state index contributed by atoms with van der Waals surface area (Å²) in [4.78, 5) is 27.5. The van der Waals surface area contributed by atoms with Crippen LogP contribution in [0.4, 0.5) is 0 Å². The maximum atomic E-state index is 12.2. The molecule has 1 aromatic heterocycles. The van der Waals surface area contributed by atoms with Gasteiger partial charge in [0.25, 0.3) is 5.91 Å². The second-order valence-electron chi connectivity index (χ2n) is 5.26. The fourth-order valence-electron chi connectivity index (χ4n) is 1.85. The van der Waals surface area contributed by atoms with E-state index in [9.17, 15) is 9.59 Å². The van der Waals surface area contributed by atoms with Crippen LogP contribution in [0.2, 0.25) is 5.15 Å². The highest BCUT2D eigenvalue weighted by molar-refractivity contribution is 6.29. The number of hydrogen-bond donors (Lipinski definition) is 2. The first kappa shape index (κ1) is 17.4. The van der Waals surface area contributed by atoms with Crippen LogP contribution in [0.5, 0.6) is 0 Å². The van der Waals surface area contributed by atoms with Crippen molar-refractivity contribution in [3.8, 4) is 0 Å². The van der Waals surface area contributed by atoms with E-state index in [-0.39, 0.29) is 11.1 Å². The summed E-state index contributed by atoms with van der Waals surface area (Å²) in [6, 6.07) is 2.21. The van der Waals surface area contributed by atoms with Crippen LogP contribution in [0.25, 0.3) is 0 Å². The zero-order chi connectivity index (χ0) is 16.0. The first-order chi connectivity index (χ1) is 9.85. The average Bonchev–Trinajstić information content (AvgIpc) is 2.42. The molecule has 1 amide bonds. The molecule has 1 atom stereocenters. The second kappa shape index (κ2) is 7.98. The standard InChI is InChI=1S/C15H21ClN2O3/c1-4-5-6-11(15(20)21)18-14(19)10-7-12(9(2)3)17-13(16)8-10/h7-9,11H,4-6H2,1-3H3,(H,18,19)(H,20,21)/t11-/m0/s1. The third-order valence-electron chi connectivity index (χ3n) is 3.12. The minimum Gasteiger partial charge on any atom is -0.480 e. The SMILES string of the molecule is CCCC[C@H](NC(=O)c1cc(Cl)nc(C(C)C)c1)C(=O)O. The molecular formula is C15H21ClN2O3. The number of carbonyl (C=O) groups excluding carboxylic acids is 1. The molecule has 0 bridgehead atoms. The lowest BCUT2D eigenvalue weighted by molar-refractivity contribution is -0.139. The Bertz CT molecular complexity index is 518. The highest BCUT2D eigenvalue weighted by Crippen LogP contribution is 2.18. The van der Waals surface area contributed by atoms with Gasteiger partial charge in [0.2, 0.25) is 0 Å². The highest BCUT2D eigenvalue weighted by atomic mass is 35.5. The first-order valence-electron chi connectivity index (χ1n) is 7.06. The van der Waals surface area contributed by atoms with E-state index in [1.165, 1.54) is 6.07 Å². The topological polar surface area (TPSA) is 79.3 Å². The van der Waals surface area contributed by atoms with Gasteiger partial charge in [-0.1, -0.05) is 45.2 Å². The van der Waals surface area contributed by atoms with Crippen LogP contribution >= 0.6 is 11.6 Å². The molecule has 21 heavy (non-hydrogen) atoms. The molecule has 0 aliphatic rings. The van der Waals surface area contributed by atoms with Crippen LogP contribution in [0.3, 0.4) is 0 Å². The number of pyridine rings is 1. The summed E-state index contributed by atoms with van der Waals surface area (Å²) in [5.41, 5.74) is 1.04. The monoisotopic (exact) mass is 312 g/mol. The Morgan fingerprint density at radius 1 is 1.38 bits per heavy atom. The number of halogens is 1. The van der Waals surface area contributed by atoms with Gasteiger partial charge in [-0.2, -0.15) is 0 Å². The van der Waals surface area contributed by atoms with Crippen molar-refractivity contribution in [2.24, 2.45) is 0 Å². The number of unbranched alkanes of at least 4 members (excludes halogenated alkanes) is 1. The molecule has 0 aliphatic heterocycles. The molecular weight excluding hydrogens is 292 g/mol. The summed E-state index contributed by atoms with van der Waals surface area (Å²) in [6.07, 6.45) is 2.03. The molecule has 0 aliphatic carbocycles. The van der Waals surface area contributed by atoms with E-state index < -0.39 is 17.9 Å². The molecule has 1 rings (SSSR count). The normalized spacial score (nSPS) is 12.2. The quantitative estimate of drug-likeness (QED) is 0.758. The minimum atomic E-state index is -1.03. The number of rotatable bonds is 7. The number of nitrogens with one attached hydrogen (secondary N) is 1. The van der Waals surface area contributed by atoms with Gasteiger partial charge >= 0.3 is 5.97 Å². The van der Waals surface area contributed by atoms with Crippen molar-refractivity contribution in [1.82, 2.24) is 10.3 Å². The first-order valence-corrected chi connectivity index (χ1v) is 7.44. The summed E-state index contributed by atoms with van der Waals surface area (Å²) in [6.45, 7) is 5.86. The van der Waals surface area contributed by atoms with Crippen molar-refractivity contribution in [3.63, 3.8) is 0 Å². The average molecular weight is 313 g/mol.